The van der Waals surface area contributed by atoms with Gasteiger partial charge in [-0.2, -0.15) is 0 Å². The number of aromatic nitrogens is 3. The Kier molecular flexibility index (Phi) is 2.08. The molecule has 0 unspecified atom stereocenters. The van der Waals surface area contributed by atoms with E-state index in [1.54, 1.807) is 12.4 Å². The molecule has 0 aliphatic heterocycles. The minimum absolute atomic E-state index is 0.894. The first kappa shape index (κ1) is 8.94. The van der Waals surface area contributed by atoms with E-state index < -0.39 is 0 Å². The molecule has 3 nitrogen and oxygen atoms in total. The fourth-order valence-electron chi connectivity index (χ4n) is 1.59. The standard InChI is InChI=1S/C11H13N3/c1-8-6-12-7-11(13-8)14-9(2)4-5-10(14)3/h4-7H,1-3H3. The van der Waals surface area contributed by atoms with E-state index in [0.717, 1.165) is 11.5 Å². The summed E-state index contributed by atoms with van der Waals surface area (Å²) < 4.78 is 2.10. The molecule has 2 aromatic rings. The molecular formula is C11H13N3. The number of hydrogen-bond acceptors (Lipinski definition) is 2. The quantitative estimate of drug-likeness (QED) is 0.685. The summed E-state index contributed by atoms with van der Waals surface area (Å²) in [7, 11) is 0. The highest BCUT2D eigenvalue weighted by Crippen LogP contribution is 2.13. The molecule has 0 amide bonds. The second kappa shape index (κ2) is 3.25. The van der Waals surface area contributed by atoms with Crippen molar-refractivity contribution in [1.29, 1.82) is 0 Å². The highest BCUT2D eigenvalue weighted by molar-refractivity contribution is 5.29. The second-order valence-corrected chi connectivity index (χ2v) is 3.47. The third kappa shape index (κ3) is 1.41. The van der Waals surface area contributed by atoms with E-state index in [4.69, 9.17) is 0 Å². The lowest BCUT2D eigenvalue weighted by Crippen LogP contribution is -2.02. The molecule has 14 heavy (non-hydrogen) atoms. The van der Waals surface area contributed by atoms with Crippen molar-refractivity contribution >= 4 is 0 Å². The molecule has 0 saturated carbocycles. The zero-order chi connectivity index (χ0) is 10.1. The Hall–Kier alpha value is -1.64. The molecule has 0 spiro atoms. The van der Waals surface area contributed by atoms with Crippen LogP contribution in [0.15, 0.2) is 24.5 Å². The average Bonchev–Trinajstić information content (AvgIpc) is 2.46. The molecule has 0 bridgehead atoms. The van der Waals surface area contributed by atoms with Gasteiger partial charge in [-0.1, -0.05) is 0 Å². The van der Waals surface area contributed by atoms with E-state index >= 15 is 0 Å². The first-order chi connectivity index (χ1) is 6.68. The van der Waals surface area contributed by atoms with Crippen LogP contribution < -0.4 is 0 Å². The van der Waals surface area contributed by atoms with Gasteiger partial charge in [-0.15, -0.1) is 0 Å². The van der Waals surface area contributed by atoms with Crippen LogP contribution in [0.1, 0.15) is 17.1 Å². The molecule has 0 N–H and O–H groups in total. The van der Waals surface area contributed by atoms with Crippen molar-refractivity contribution in [1.82, 2.24) is 14.5 Å². The van der Waals surface area contributed by atoms with E-state index in [2.05, 4.69) is 40.5 Å². The van der Waals surface area contributed by atoms with Crippen molar-refractivity contribution in [2.24, 2.45) is 0 Å². The van der Waals surface area contributed by atoms with E-state index in [9.17, 15) is 0 Å². The molecule has 72 valence electrons. The van der Waals surface area contributed by atoms with Gasteiger partial charge >= 0.3 is 0 Å². The molecule has 0 aliphatic rings. The second-order valence-electron chi connectivity index (χ2n) is 3.47. The molecule has 0 aromatic carbocycles. The Morgan fingerprint density at radius 1 is 1.00 bits per heavy atom. The lowest BCUT2D eigenvalue weighted by atomic mass is 10.4. The van der Waals surface area contributed by atoms with E-state index in [0.29, 0.717) is 0 Å². The third-order valence-corrected chi connectivity index (χ3v) is 2.24. The molecular weight excluding hydrogens is 174 g/mol. The predicted octanol–water partition coefficient (Wildman–Crippen LogP) is 2.19. The summed E-state index contributed by atoms with van der Waals surface area (Å²) in [5, 5.41) is 0. The fraction of sp³-hybridized carbons (Fsp3) is 0.273. The SMILES string of the molecule is Cc1cncc(-n2c(C)ccc2C)n1. The first-order valence-electron chi connectivity index (χ1n) is 4.62. The van der Waals surface area contributed by atoms with Gasteiger partial charge in [0.15, 0.2) is 5.82 Å². The van der Waals surface area contributed by atoms with Gasteiger partial charge in [-0.3, -0.25) is 4.98 Å². The van der Waals surface area contributed by atoms with Crippen LogP contribution in [0.5, 0.6) is 0 Å². The van der Waals surface area contributed by atoms with Crippen LogP contribution in [0.3, 0.4) is 0 Å². The zero-order valence-corrected chi connectivity index (χ0v) is 8.65. The van der Waals surface area contributed by atoms with Crippen LogP contribution in [-0.2, 0) is 0 Å². The van der Waals surface area contributed by atoms with Crippen molar-refractivity contribution in [3.8, 4) is 5.82 Å². The summed E-state index contributed by atoms with van der Waals surface area (Å²) >= 11 is 0. The Morgan fingerprint density at radius 3 is 2.21 bits per heavy atom. The van der Waals surface area contributed by atoms with E-state index in [-0.39, 0.29) is 0 Å². The lowest BCUT2D eigenvalue weighted by Gasteiger charge is -2.07. The highest BCUT2D eigenvalue weighted by Gasteiger charge is 2.04. The van der Waals surface area contributed by atoms with Gasteiger partial charge < -0.3 is 4.57 Å². The summed E-state index contributed by atoms with van der Waals surface area (Å²) in [6, 6.07) is 4.17. The maximum Gasteiger partial charge on any atom is 0.155 e. The van der Waals surface area contributed by atoms with Crippen LogP contribution in [0.25, 0.3) is 5.82 Å². The van der Waals surface area contributed by atoms with Crippen LogP contribution in [-0.4, -0.2) is 14.5 Å². The summed E-state index contributed by atoms with van der Waals surface area (Å²) in [5.41, 5.74) is 3.31. The molecule has 0 saturated heterocycles. The lowest BCUT2D eigenvalue weighted by molar-refractivity contribution is 0.896. The van der Waals surface area contributed by atoms with Crippen molar-refractivity contribution in [2.45, 2.75) is 20.8 Å². The van der Waals surface area contributed by atoms with E-state index in [1.165, 1.54) is 11.4 Å². The molecule has 0 atom stereocenters. The van der Waals surface area contributed by atoms with Crippen molar-refractivity contribution in [3.05, 3.63) is 41.6 Å². The fourth-order valence-corrected chi connectivity index (χ4v) is 1.59. The Bertz CT molecular complexity index is 438. The molecule has 0 fully saturated rings. The van der Waals surface area contributed by atoms with Crippen LogP contribution >= 0.6 is 0 Å². The van der Waals surface area contributed by atoms with Crippen LogP contribution in [0.4, 0.5) is 0 Å². The van der Waals surface area contributed by atoms with Crippen molar-refractivity contribution in [3.63, 3.8) is 0 Å². The molecule has 0 aliphatic carbocycles. The molecule has 0 radical (unpaired) electrons. The minimum atomic E-state index is 0.894. The summed E-state index contributed by atoms with van der Waals surface area (Å²) in [4.78, 5) is 8.58. The average molecular weight is 187 g/mol. The Morgan fingerprint density at radius 2 is 1.64 bits per heavy atom. The zero-order valence-electron chi connectivity index (χ0n) is 8.65. The topological polar surface area (TPSA) is 30.7 Å². The number of hydrogen-bond donors (Lipinski definition) is 0. The van der Waals surface area contributed by atoms with Gasteiger partial charge in [0, 0.05) is 17.6 Å². The monoisotopic (exact) mass is 187 g/mol. The number of aryl methyl sites for hydroxylation is 3. The van der Waals surface area contributed by atoms with Gasteiger partial charge in [0.05, 0.1) is 11.9 Å². The summed E-state index contributed by atoms with van der Waals surface area (Å²) in [6.07, 6.45) is 3.55. The summed E-state index contributed by atoms with van der Waals surface area (Å²) in [5.74, 6) is 0.894. The predicted molar refractivity (Wildman–Crippen MR) is 55.6 cm³/mol. The van der Waals surface area contributed by atoms with Gasteiger partial charge in [-0.05, 0) is 32.9 Å². The first-order valence-corrected chi connectivity index (χ1v) is 4.62. The third-order valence-electron chi connectivity index (χ3n) is 2.24. The number of nitrogens with zero attached hydrogens (tertiary/aromatic N) is 3. The summed E-state index contributed by atoms with van der Waals surface area (Å²) in [6.45, 7) is 6.08. The normalized spacial score (nSPS) is 10.5. The molecule has 2 heterocycles. The maximum atomic E-state index is 4.44. The highest BCUT2D eigenvalue weighted by atomic mass is 15.1. The maximum absolute atomic E-state index is 4.44. The van der Waals surface area contributed by atoms with Crippen molar-refractivity contribution in [2.75, 3.05) is 0 Å². The van der Waals surface area contributed by atoms with Gasteiger partial charge in [-0.25, -0.2) is 4.98 Å². The smallest absolute Gasteiger partial charge is 0.155 e. The van der Waals surface area contributed by atoms with Crippen LogP contribution in [0, 0.1) is 20.8 Å². The van der Waals surface area contributed by atoms with Crippen molar-refractivity contribution < 1.29 is 0 Å². The van der Waals surface area contributed by atoms with Gasteiger partial charge in [0.25, 0.3) is 0 Å². The Labute approximate surface area is 83.4 Å². The van der Waals surface area contributed by atoms with Crippen LogP contribution in [0.2, 0.25) is 0 Å². The van der Waals surface area contributed by atoms with E-state index in [1.807, 2.05) is 6.92 Å². The molecule has 2 aromatic heterocycles. The minimum Gasteiger partial charge on any atom is -0.302 e. The largest absolute Gasteiger partial charge is 0.302 e. The molecule has 3 heteroatoms. The van der Waals surface area contributed by atoms with Gasteiger partial charge in [0.2, 0.25) is 0 Å². The number of rotatable bonds is 1. The Balaban J connectivity index is 2.59. The molecule has 2 rings (SSSR count). The van der Waals surface area contributed by atoms with Gasteiger partial charge in [0.1, 0.15) is 0 Å².